The summed E-state index contributed by atoms with van der Waals surface area (Å²) in [5.74, 6) is 0.413. The fourth-order valence-corrected chi connectivity index (χ4v) is 1.54. The maximum Gasteiger partial charge on any atom is 0.329 e. The molecule has 0 radical (unpaired) electrons. The van der Waals surface area contributed by atoms with Crippen molar-refractivity contribution in [3.05, 3.63) is 30.3 Å². The molecule has 1 N–H and O–H groups in total. The molecule has 4 heteroatoms. The van der Waals surface area contributed by atoms with Gasteiger partial charge in [0, 0.05) is 0 Å². The highest BCUT2D eigenvalue weighted by atomic mass is 16.5. The van der Waals surface area contributed by atoms with Gasteiger partial charge < -0.3 is 9.47 Å². The lowest BCUT2D eigenvalue weighted by Crippen LogP contribution is -2.54. The molecule has 1 aromatic rings. The standard InChI is InChI=1S/C13H19NO3/c1-4-14-13(2,12(15)16-3)10-17-11-8-6-5-7-9-11/h5-9,14H,4,10H2,1-3H3. The van der Waals surface area contributed by atoms with Crippen LogP contribution in [0.2, 0.25) is 0 Å². The Morgan fingerprint density at radius 1 is 1.35 bits per heavy atom. The lowest BCUT2D eigenvalue weighted by atomic mass is 10.0. The van der Waals surface area contributed by atoms with Crippen molar-refractivity contribution in [3.63, 3.8) is 0 Å². The second kappa shape index (κ2) is 6.25. The first kappa shape index (κ1) is 13.5. The minimum absolute atomic E-state index is 0.234. The van der Waals surface area contributed by atoms with Crippen LogP contribution < -0.4 is 10.1 Å². The number of hydrogen-bond acceptors (Lipinski definition) is 4. The van der Waals surface area contributed by atoms with Crippen molar-refractivity contribution in [1.82, 2.24) is 5.32 Å². The van der Waals surface area contributed by atoms with Crippen molar-refractivity contribution >= 4 is 5.97 Å². The average molecular weight is 237 g/mol. The Hall–Kier alpha value is -1.55. The Morgan fingerprint density at radius 2 is 2.00 bits per heavy atom. The third-order valence-corrected chi connectivity index (χ3v) is 2.47. The van der Waals surface area contributed by atoms with Crippen LogP contribution in [0.25, 0.3) is 0 Å². The molecule has 0 spiro atoms. The van der Waals surface area contributed by atoms with E-state index in [0.717, 1.165) is 5.75 Å². The molecule has 1 aromatic carbocycles. The maximum absolute atomic E-state index is 11.7. The van der Waals surface area contributed by atoms with Crippen molar-refractivity contribution in [1.29, 1.82) is 0 Å². The summed E-state index contributed by atoms with van der Waals surface area (Å²) in [6, 6.07) is 9.39. The number of esters is 1. The van der Waals surface area contributed by atoms with Gasteiger partial charge in [-0.2, -0.15) is 0 Å². The number of methoxy groups -OCH3 is 1. The van der Waals surface area contributed by atoms with Crippen LogP contribution in [0, 0.1) is 0 Å². The van der Waals surface area contributed by atoms with Gasteiger partial charge in [0.1, 0.15) is 17.9 Å². The first-order valence-corrected chi connectivity index (χ1v) is 5.63. The van der Waals surface area contributed by atoms with Crippen molar-refractivity contribution in [2.75, 3.05) is 20.3 Å². The molecule has 0 bridgehead atoms. The predicted molar refractivity (Wildman–Crippen MR) is 66.0 cm³/mol. The maximum atomic E-state index is 11.7. The molecule has 1 atom stereocenters. The number of benzene rings is 1. The minimum Gasteiger partial charge on any atom is -0.491 e. The first-order valence-electron chi connectivity index (χ1n) is 5.63. The molecule has 4 nitrogen and oxygen atoms in total. The molecule has 0 saturated carbocycles. The number of nitrogens with one attached hydrogen (secondary N) is 1. The number of carbonyl (C=O) groups is 1. The van der Waals surface area contributed by atoms with Gasteiger partial charge in [0.2, 0.25) is 0 Å². The third-order valence-electron chi connectivity index (χ3n) is 2.47. The number of para-hydroxylation sites is 1. The molecule has 1 rings (SSSR count). The quantitative estimate of drug-likeness (QED) is 0.764. The zero-order chi connectivity index (χ0) is 12.7. The van der Waals surface area contributed by atoms with Gasteiger partial charge in [-0.1, -0.05) is 25.1 Å². The first-order chi connectivity index (χ1) is 8.12. The lowest BCUT2D eigenvalue weighted by molar-refractivity contribution is -0.149. The molecule has 1 unspecified atom stereocenters. The third kappa shape index (κ3) is 3.75. The molecule has 0 fully saturated rings. The number of rotatable bonds is 6. The van der Waals surface area contributed by atoms with E-state index < -0.39 is 5.54 Å². The van der Waals surface area contributed by atoms with E-state index in [0.29, 0.717) is 6.54 Å². The topological polar surface area (TPSA) is 47.6 Å². The number of ether oxygens (including phenoxy) is 2. The number of hydrogen-bond donors (Lipinski definition) is 1. The summed E-state index contributed by atoms with van der Waals surface area (Å²) in [5, 5.41) is 3.08. The molecule has 0 amide bonds. The zero-order valence-electron chi connectivity index (χ0n) is 10.5. The molecular weight excluding hydrogens is 218 g/mol. The highest BCUT2D eigenvalue weighted by molar-refractivity contribution is 5.80. The van der Waals surface area contributed by atoms with Gasteiger partial charge in [-0.05, 0) is 25.6 Å². The molecule has 0 aliphatic rings. The van der Waals surface area contributed by atoms with Crippen LogP contribution in [0.5, 0.6) is 5.75 Å². The minimum atomic E-state index is -0.820. The van der Waals surface area contributed by atoms with Crippen LogP contribution in [-0.2, 0) is 9.53 Å². The van der Waals surface area contributed by atoms with Gasteiger partial charge in [0.05, 0.1) is 7.11 Å². The van der Waals surface area contributed by atoms with Gasteiger partial charge in [0.15, 0.2) is 0 Å². The van der Waals surface area contributed by atoms with E-state index in [9.17, 15) is 4.79 Å². The van der Waals surface area contributed by atoms with Gasteiger partial charge in [0.25, 0.3) is 0 Å². The molecule has 94 valence electrons. The van der Waals surface area contributed by atoms with E-state index in [4.69, 9.17) is 9.47 Å². The van der Waals surface area contributed by atoms with Crippen LogP contribution in [0.3, 0.4) is 0 Å². The fourth-order valence-electron chi connectivity index (χ4n) is 1.54. The van der Waals surface area contributed by atoms with Gasteiger partial charge in [-0.15, -0.1) is 0 Å². The summed E-state index contributed by atoms with van der Waals surface area (Å²) in [5.41, 5.74) is -0.820. The van der Waals surface area contributed by atoms with Gasteiger partial charge in [-0.3, -0.25) is 5.32 Å². The molecule has 0 aromatic heterocycles. The monoisotopic (exact) mass is 237 g/mol. The molecule has 0 heterocycles. The number of likely N-dealkylation sites (N-methyl/N-ethyl adjacent to an activating group) is 1. The van der Waals surface area contributed by atoms with Crippen LogP contribution >= 0.6 is 0 Å². The molecule has 0 saturated heterocycles. The Kier molecular flexibility index (Phi) is 4.97. The SMILES string of the molecule is CCNC(C)(COc1ccccc1)C(=O)OC. The van der Waals surface area contributed by atoms with Crippen LogP contribution in [0.1, 0.15) is 13.8 Å². The number of carbonyl (C=O) groups excluding carboxylic acids is 1. The summed E-state index contributed by atoms with van der Waals surface area (Å²) in [6.07, 6.45) is 0. The summed E-state index contributed by atoms with van der Waals surface area (Å²) >= 11 is 0. The Morgan fingerprint density at radius 3 is 2.53 bits per heavy atom. The average Bonchev–Trinajstić information content (AvgIpc) is 2.37. The van der Waals surface area contributed by atoms with Crippen LogP contribution in [-0.4, -0.2) is 31.8 Å². The Bertz CT molecular complexity index is 353. The summed E-state index contributed by atoms with van der Waals surface area (Å²) in [4.78, 5) is 11.7. The van der Waals surface area contributed by atoms with Crippen molar-refractivity contribution < 1.29 is 14.3 Å². The fraction of sp³-hybridized carbons (Fsp3) is 0.462. The molecule has 0 aliphatic carbocycles. The van der Waals surface area contributed by atoms with E-state index in [1.54, 1.807) is 6.92 Å². The van der Waals surface area contributed by atoms with Crippen molar-refractivity contribution in [2.24, 2.45) is 0 Å². The summed E-state index contributed by atoms with van der Waals surface area (Å²) < 4.78 is 10.4. The smallest absolute Gasteiger partial charge is 0.329 e. The summed E-state index contributed by atoms with van der Waals surface area (Å²) in [6.45, 7) is 4.61. The van der Waals surface area contributed by atoms with Crippen molar-refractivity contribution in [2.45, 2.75) is 19.4 Å². The highest BCUT2D eigenvalue weighted by Gasteiger charge is 2.34. The van der Waals surface area contributed by atoms with Gasteiger partial charge in [-0.25, -0.2) is 4.79 Å². The molecule has 0 aliphatic heterocycles. The normalized spacial score (nSPS) is 13.8. The Labute approximate surface area is 102 Å². The lowest BCUT2D eigenvalue weighted by Gasteiger charge is -2.27. The van der Waals surface area contributed by atoms with E-state index in [2.05, 4.69) is 5.32 Å². The van der Waals surface area contributed by atoms with Crippen LogP contribution in [0.15, 0.2) is 30.3 Å². The predicted octanol–water partition coefficient (Wildman–Crippen LogP) is 1.61. The van der Waals surface area contributed by atoms with E-state index >= 15 is 0 Å². The van der Waals surface area contributed by atoms with Gasteiger partial charge >= 0.3 is 5.97 Å². The second-order valence-corrected chi connectivity index (χ2v) is 3.96. The Balaban J connectivity index is 2.64. The van der Waals surface area contributed by atoms with E-state index in [1.807, 2.05) is 37.3 Å². The second-order valence-electron chi connectivity index (χ2n) is 3.96. The van der Waals surface area contributed by atoms with E-state index in [-0.39, 0.29) is 12.6 Å². The zero-order valence-corrected chi connectivity index (χ0v) is 10.5. The molecule has 17 heavy (non-hydrogen) atoms. The largest absolute Gasteiger partial charge is 0.491 e. The highest BCUT2D eigenvalue weighted by Crippen LogP contribution is 2.13. The summed E-state index contributed by atoms with van der Waals surface area (Å²) in [7, 11) is 1.38. The molecular formula is C13H19NO3. The van der Waals surface area contributed by atoms with Crippen LogP contribution in [0.4, 0.5) is 0 Å². The van der Waals surface area contributed by atoms with Crippen molar-refractivity contribution in [3.8, 4) is 5.75 Å². The van der Waals surface area contributed by atoms with E-state index in [1.165, 1.54) is 7.11 Å².